The zero-order chi connectivity index (χ0) is 17.8. The van der Waals surface area contributed by atoms with Crippen molar-refractivity contribution in [2.45, 2.75) is 38.7 Å². The molecule has 1 aromatic carbocycles. The smallest absolute Gasteiger partial charge is 0.189 e. The van der Waals surface area contributed by atoms with Crippen molar-refractivity contribution >= 4 is 17.0 Å². The molecule has 1 heterocycles. The molecule has 0 aliphatic heterocycles. The summed E-state index contributed by atoms with van der Waals surface area (Å²) < 4.78 is 11.4. The van der Waals surface area contributed by atoms with Crippen LogP contribution in [0.3, 0.4) is 0 Å². The van der Waals surface area contributed by atoms with E-state index in [-0.39, 0.29) is 12.9 Å². The molecule has 25 heavy (non-hydrogen) atoms. The molecule has 136 valence electrons. The highest BCUT2D eigenvalue weighted by atomic mass is 32.1. The summed E-state index contributed by atoms with van der Waals surface area (Å²) in [5.41, 5.74) is 3.05. The van der Waals surface area contributed by atoms with E-state index in [1.165, 1.54) is 0 Å². The highest BCUT2D eigenvalue weighted by Gasteiger charge is 2.24. The summed E-state index contributed by atoms with van der Waals surface area (Å²) in [6, 6.07) is 6.12. The molecule has 1 N–H and O–H groups in total. The van der Waals surface area contributed by atoms with Gasteiger partial charge in [-0.1, -0.05) is 6.92 Å². The standard InChI is InChI=1S/C19H26N2O3S/c1-4-10-23-12-24-17-11-13(21(2)3)8-9-14(17)19-20-15-6-5-7-16(22)18(15)25-19/h8-9,11,16,22H,4-7,10,12H2,1-3H3. The van der Waals surface area contributed by atoms with Crippen molar-refractivity contribution < 1.29 is 14.6 Å². The van der Waals surface area contributed by atoms with Crippen LogP contribution < -0.4 is 9.64 Å². The summed E-state index contributed by atoms with van der Waals surface area (Å²) >= 11 is 1.57. The van der Waals surface area contributed by atoms with E-state index in [0.29, 0.717) is 6.61 Å². The molecule has 0 amide bonds. The van der Waals surface area contributed by atoms with Crippen LogP contribution in [0.5, 0.6) is 5.75 Å². The van der Waals surface area contributed by atoms with Gasteiger partial charge in [-0.15, -0.1) is 11.3 Å². The van der Waals surface area contributed by atoms with E-state index in [9.17, 15) is 5.11 Å². The molecular weight excluding hydrogens is 336 g/mol. The van der Waals surface area contributed by atoms with E-state index in [1.807, 2.05) is 31.1 Å². The van der Waals surface area contributed by atoms with Crippen LogP contribution in [0, 0.1) is 0 Å². The van der Waals surface area contributed by atoms with Gasteiger partial charge in [-0.25, -0.2) is 4.98 Å². The summed E-state index contributed by atoms with van der Waals surface area (Å²) in [6.07, 6.45) is 3.33. The maximum Gasteiger partial charge on any atom is 0.189 e. The number of hydrogen-bond acceptors (Lipinski definition) is 6. The molecule has 3 rings (SSSR count). The second-order valence-electron chi connectivity index (χ2n) is 6.48. The molecule has 1 atom stereocenters. The summed E-state index contributed by atoms with van der Waals surface area (Å²) in [5, 5.41) is 11.1. The Morgan fingerprint density at radius 2 is 2.20 bits per heavy atom. The molecule has 1 aliphatic carbocycles. The lowest BCUT2D eigenvalue weighted by Gasteiger charge is -2.16. The first-order chi connectivity index (χ1) is 12.1. The number of anilines is 1. The van der Waals surface area contributed by atoms with Crippen molar-refractivity contribution in [1.29, 1.82) is 0 Å². The Morgan fingerprint density at radius 1 is 1.36 bits per heavy atom. The lowest BCUT2D eigenvalue weighted by atomic mass is 10.0. The SMILES string of the molecule is CCCOCOc1cc(N(C)C)ccc1-c1nc2c(s1)C(O)CCC2. The van der Waals surface area contributed by atoms with E-state index in [4.69, 9.17) is 14.5 Å². The number of fused-ring (bicyclic) bond motifs is 1. The van der Waals surface area contributed by atoms with Crippen molar-refractivity contribution in [2.24, 2.45) is 0 Å². The lowest BCUT2D eigenvalue weighted by molar-refractivity contribution is 0.0160. The fourth-order valence-corrected chi connectivity index (χ4v) is 4.07. The predicted octanol–water partition coefficient (Wildman–Crippen LogP) is 4.01. The minimum Gasteiger partial charge on any atom is -0.467 e. The van der Waals surface area contributed by atoms with Crippen molar-refractivity contribution in [3.8, 4) is 16.3 Å². The van der Waals surface area contributed by atoms with Gasteiger partial charge in [-0.05, 0) is 37.8 Å². The number of rotatable bonds is 7. The number of aryl methyl sites for hydroxylation is 1. The number of nitrogens with zero attached hydrogens (tertiary/aromatic N) is 2. The molecule has 0 bridgehead atoms. The number of ether oxygens (including phenoxy) is 2. The van der Waals surface area contributed by atoms with Crippen molar-refractivity contribution in [3.63, 3.8) is 0 Å². The minimum atomic E-state index is -0.381. The van der Waals surface area contributed by atoms with E-state index >= 15 is 0 Å². The Kier molecular flexibility index (Phi) is 5.93. The lowest BCUT2D eigenvalue weighted by Crippen LogP contribution is -2.10. The van der Waals surface area contributed by atoms with Gasteiger partial charge in [0.1, 0.15) is 10.8 Å². The highest BCUT2D eigenvalue weighted by molar-refractivity contribution is 7.15. The zero-order valence-corrected chi connectivity index (χ0v) is 15.9. The highest BCUT2D eigenvalue weighted by Crippen LogP contribution is 2.41. The van der Waals surface area contributed by atoms with Crippen molar-refractivity contribution in [1.82, 2.24) is 4.98 Å². The van der Waals surface area contributed by atoms with Gasteiger partial charge in [-0.3, -0.25) is 0 Å². The van der Waals surface area contributed by atoms with Crippen LogP contribution >= 0.6 is 11.3 Å². The largest absolute Gasteiger partial charge is 0.467 e. The minimum absolute atomic E-state index is 0.228. The Morgan fingerprint density at radius 3 is 2.92 bits per heavy atom. The molecule has 1 aliphatic rings. The second-order valence-corrected chi connectivity index (χ2v) is 7.51. The maximum absolute atomic E-state index is 10.2. The van der Waals surface area contributed by atoms with Crippen LogP contribution in [-0.2, 0) is 11.2 Å². The Balaban J connectivity index is 1.91. The van der Waals surface area contributed by atoms with Gasteiger partial charge in [0.2, 0.25) is 0 Å². The molecular formula is C19H26N2O3S. The molecule has 0 spiro atoms. The molecule has 2 aromatic rings. The average Bonchev–Trinajstić information content (AvgIpc) is 3.04. The number of thiazole rings is 1. The van der Waals surface area contributed by atoms with Gasteiger partial charge in [0, 0.05) is 25.8 Å². The third-order valence-corrected chi connectivity index (χ3v) is 5.51. The fourth-order valence-electron chi connectivity index (χ4n) is 2.91. The molecule has 0 saturated carbocycles. The number of hydrogen-bond donors (Lipinski definition) is 1. The first-order valence-corrected chi connectivity index (χ1v) is 9.61. The fraction of sp³-hybridized carbons (Fsp3) is 0.526. The first-order valence-electron chi connectivity index (χ1n) is 8.80. The molecule has 0 fully saturated rings. The van der Waals surface area contributed by atoms with Crippen LogP contribution in [0.25, 0.3) is 10.6 Å². The van der Waals surface area contributed by atoms with Crippen LogP contribution in [0.4, 0.5) is 5.69 Å². The molecule has 6 heteroatoms. The van der Waals surface area contributed by atoms with Gasteiger partial charge >= 0.3 is 0 Å². The summed E-state index contributed by atoms with van der Waals surface area (Å²) in [7, 11) is 4.01. The third kappa shape index (κ3) is 4.14. The van der Waals surface area contributed by atoms with Crippen molar-refractivity contribution in [2.75, 3.05) is 32.4 Å². The topological polar surface area (TPSA) is 54.8 Å². The van der Waals surface area contributed by atoms with Crippen LogP contribution in [0.2, 0.25) is 0 Å². The van der Waals surface area contributed by atoms with E-state index in [0.717, 1.165) is 58.3 Å². The first kappa shape index (κ1) is 18.2. The molecule has 1 aromatic heterocycles. The van der Waals surface area contributed by atoms with E-state index in [1.54, 1.807) is 11.3 Å². The Labute approximate surface area is 153 Å². The average molecular weight is 362 g/mol. The molecule has 0 radical (unpaired) electrons. The molecule has 0 saturated heterocycles. The second kappa shape index (κ2) is 8.17. The van der Waals surface area contributed by atoms with Gasteiger partial charge in [0.25, 0.3) is 0 Å². The Hall–Kier alpha value is -1.63. The van der Waals surface area contributed by atoms with Gasteiger partial charge in [-0.2, -0.15) is 0 Å². The van der Waals surface area contributed by atoms with E-state index in [2.05, 4.69) is 13.0 Å². The van der Waals surface area contributed by atoms with Crippen LogP contribution in [-0.4, -0.2) is 37.6 Å². The van der Waals surface area contributed by atoms with Gasteiger partial charge in [0.05, 0.1) is 28.8 Å². The van der Waals surface area contributed by atoms with Crippen LogP contribution in [0.15, 0.2) is 18.2 Å². The number of aliphatic hydroxyl groups is 1. The van der Waals surface area contributed by atoms with Crippen molar-refractivity contribution in [3.05, 3.63) is 28.8 Å². The quantitative estimate of drug-likeness (QED) is 0.596. The molecule has 5 nitrogen and oxygen atoms in total. The van der Waals surface area contributed by atoms with Gasteiger partial charge < -0.3 is 19.5 Å². The number of aliphatic hydroxyl groups excluding tert-OH is 1. The Bertz CT molecular complexity index is 715. The summed E-state index contributed by atoms with van der Waals surface area (Å²) in [5.74, 6) is 0.767. The monoisotopic (exact) mass is 362 g/mol. The third-order valence-electron chi connectivity index (χ3n) is 4.28. The van der Waals surface area contributed by atoms with E-state index < -0.39 is 0 Å². The normalized spacial score (nSPS) is 16.6. The van der Waals surface area contributed by atoms with Gasteiger partial charge in [0.15, 0.2) is 6.79 Å². The summed E-state index contributed by atoms with van der Waals surface area (Å²) in [4.78, 5) is 7.82. The van der Waals surface area contributed by atoms with Crippen LogP contribution in [0.1, 0.15) is 42.9 Å². The molecule has 1 unspecified atom stereocenters. The number of benzene rings is 1. The predicted molar refractivity (Wildman–Crippen MR) is 102 cm³/mol. The zero-order valence-electron chi connectivity index (χ0n) is 15.1. The summed E-state index contributed by atoms with van der Waals surface area (Å²) in [6.45, 7) is 2.98. The number of aromatic nitrogens is 1. The maximum atomic E-state index is 10.2.